The Hall–Kier alpha value is -1.61. The molecule has 2 aromatic rings. The van der Waals surface area contributed by atoms with E-state index in [-0.39, 0.29) is 0 Å². The van der Waals surface area contributed by atoms with Crippen molar-refractivity contribution in [2.45, 2.75) is 20.3 Å². The smallest absolute Gasteiger partial charge is 0.0926 e. The van der Waals surface area contributed by atoms with Crippen LogP contribution in [0.4, 0.5) is 0 Å². The van der Waals surface area contributed by atoms with Gasteiger partial charge in [0, 0.05) is 31.3 Å². The lowest BCUT2D eigenvalue weighted by molar-refractivity contribution is 0.683. The lowest BCUT2D eigenvalue weighted by Crippen LogP contribution is -2.12. The van der Waals surface area contributed by atoms with E-state index in [1.807, 2.05) is 18.8 Å². The molecular formula is C15H21N3. The number of aryl methyl sites for hydroxylation is 3. The van der Waals surface area contributed by atoms with Crippen molar-refractivity contribution in [3.8, 4) is 11.3 Å². The van der Waals surface area contributed by atoms with Crippen LogP contribution in [0, 0.1) is 13.8 Å². The molecule has 1 aromatic carbocycles. The van der Waals surface area contributed by atoms with Gasteiger partial charge in [-0.25, -0.2) is 0 Å². The van der Waals surface area contributed by atoms with Crippen molar-refractivity contribution in [3.63, 3.8) is 0 Å². The van der Waals surface area contributed by atoms with Crippen LogP contribution in [0.2, 0.25) is 0 Å². The van der Waals surface area contributed by atoms with Gasteiger partial charge in [0.05, 0.1) is 5.69 Å². The zero-order valence-corrected chi connectivity index (χ0v) is 11.6. The van der Waals surface area contributed by atoms with E-state index in [4.69, 9.17) is 0 Å². The van der Waals surface area contributed by atoms with Gasteiger partial charge >= 0.3 is 0 Å². The Balaban J connectivity index is 2.30. The molecular weight excluding hydrogens is 222 g/mol. The molecule has 96 valence electrons. The van der Waals surface area contributed by atoms with Crippen molar-refractivity contribution in [1.82, 2.24) is 15.1 Å². The van der Waals surface area contributed by atoms with E-state index in [0.29, 0.717) is 0 Å². The molecule has 18 heavy (non-hydrogen) atoms. The van der Waals surface area contributed by atoms with Crippen LogP contribution in [0.5, 0.6) is 0 Å². The van der Waals surface area contributed by atoms with E-state index in [2.05, 4.69) is 48.5 Å². The highest BCUT2D eigenvalue weighted by Gasteiger charge is 2.07. The largest absolute Gasteiger partial charge is 0.319 e. The summed E-state index contributed by atoms with van der Waals surface area (Å²) in [6.45, 7) is 5.26. The summed E-state index contributed by atoms with van der Waals surface area (Å²) in [6.07, 6.45) is 1.00. The summed E-state index contributed by atoms with van der Waals surface area (Å²) in [4.78, 5) is 0. The summed E-state index contributed by atoms with van der Waals surface area (Å²) in [7, 11) is 3.98. The maximum Gasteiger partial charge on any atom is 0.0926 e. The second-order valence-electron chi connectivity index (χ2n) is 4.80. The lowest BCUT2D eigenvalue weighted by Gasteiger charge is -2.02. The molecule has 3 nitrogen and oxygen atoms in total. The molecule has 2 rings (SSSR count). The summed E-state index contributed by atoms with van der Waals surface area (Å²) < 4.78 is 1.97. The molecule has 0 bridgehead atoms. The molecule has 0 saturated heterocycles. The van der Waals surface area contributed by atoms with Crippen LogP contribution in [0.25, 0.3) is 11.3 Å². The minimum atomic E-state index is 0.978. The Labute approximate surface area is 109 Å². The third-order valence-electron chi connectivity index (χ3n) is 3.41. The molecule has 0 fully saturated rings. The summed E-state index contributed by atoms with van der Waals surface area (Å²) in [6, 6.07) is 8.69. The minimum Gasteiger partial charge on any atom is -0.319 e. The highest BCUT2D eigenvalue weighted by molar-refractivity contribution is 5.61. The summed E-state index contributed by atoms with van der Waals surface area (Å²) >= 11 is 0. The first-order valence-electron chi connectivity index (χ1n) is 6.37. The zero-order chi connectivity index (χ0) is 13.1. The summed E-state index contributed by atoms with van der Waals surface area (Å²) in [5.74, 6) is 0. The molecule has 0 aliphatic heterocycles. The topological polar surface area (TPSA) is 29.9 Å². The van der Waals surface area contributed by atoms with Crippen LogP contribution in [0.1, 0.15) is 16.8 Å². The maximum absolute atomic E-state index is 4.59. The van der Waals surface area contributed by atoms with E-state index in [1.54, 1.807) is 0 Å². The van der Waals surface area contributed by atoms with E-state index in [1.165, 1.54) is 22.4 Å². The van der Waals surface area contributed by atoms with Crippen molar-refractivity contribution >= 4 is 0 Å². The van der Waals surface area contributed by atoms with Gasteiger partial charge in [-0.1, -0.05) is 12.1 Å². The molecule has 0 amide bonds. The van der Waals surface area contributed by atoms with Crippen LogP contribution < -0.4 is 5.32 Å². The third-order valence-corrected chi connectivity index (χ3v) is 3.41. The Morgan fingerprint density at radius 1 is 1.17 bits per heavy atom. The molecule has 0 radical (unpaired) electrons. The summed E-state index contributed by atoms with van der Waals surface area (Å²) in [5, 5.41) is 7.76. The zero-order valence-electron chi connectivity index (χ0n) is 11.6. The Bertz CT molecular complexity index is 541. The van der Waals surface area contributed by atoms with Gasteiger partial charge in [-0.2, -0.15) is 5.10 Å². The molecule has 0 aliphatic carbocycles. The Morgan fingerprint density at radius 2 is 1.94 bits per heavy atom. The van der Waals surface area contributed by atoms with Crippen molar-refractivity contribution in [2.75, 3.05) is 13.6 Å². The first-order valence-corrected chi connectivity index (χ1v) is 6.37. The van der Waals surface area contributed by atoms with E-state index < -0.39 is 0 Å². The SMILES string of the molecule is CNCCc1cc(-c2ccc(C)c(C)c2)nn1C. The van der Waals surface area contributed by atoms with Crippen molar-refractivity contribution in [2.24, 2.45) is 7.05 Å². The molecule has 0 atom stereocenters. The highest BCUT2D eigenvalue weighted by Crippen LogP contribution is 2.21. The third kappa shape index (κ3) is 2.62. The number of benzene rings is 1. The average molecular weight is 243 g/mol. The first kappa shape index (κ1) is 12.8. The number of nitrogens with one attached hydrogen (secondary N) is 1. The fourth-order valence-corrected chi connectivity index (χ4v) is 2.03. The monoisotopic (exact) mass is 243 g/mol. The van der Waals surface area contributed by atoms with Crippen LogP contribution in [0.3, 0.4) is 0 Å². The Kier molecular flexibility index (Phi) is 3.82. The molecule has 0 unspecified atom stereocenters. The normalized spacial score (nSPS) is 10.9. The molecule has 0 saturated carbocycles. The molecule has 1 aromatic heterocycles. The van der Waals surface area contributed by atoms with E-state index in [9.17, 15) is 0 Å². The van der Waals surface area contributed by atoms with Gasteiger partial charge in [0.15, 0.2) is 0 Å². The van der Waals surface area contributed by atoms with Crippen molar-refractivity contribution in [1.29, 1.82) is 0 Å². The van der Waals surface area contributed by atoms with Crippen LogP contribution in [0.15, 0.2) is 24.3 Å². The number of rotatable bonds is 4. The first-order chi connectivity index (χ1) is 8.61. The van der Waals surface area contributed by atoms with Gasteiger partial charge in [0.2, 0.25) is 0 Å². The maximum atomic E-state index is 4.59. The van der Waals surface area contributed by atoms with Crippen LogP contribution in [-0.4, -0.2) is 23.4 Å². The van der Waals surface area contributed by atoms with E-state index in [0.717, 1.165) is 18.7 Å². The lowest BCUT2D eigenvalue weighted by atomic mass is 10.0. The number of nitrogens with zero attached hydrogens (tertiary/aromatic N) is 2. The number of likely N-dealkylation sites (N-methyl/N-ethyl adjacent to an activating group) is 1. The van der Waals surface area contributed by atoms with Gasteiger partial charge in [-0.15, -0.1) is 0 Å². The molecule has 3 heteroatoms. The molecule has 0 aliphatic rings. The fraction of sp³-hybridized carbons (Fsp3) is 0.400. The van der Waals surface area contributed by atoms with Gasteiger partial charge < -0.3 is 5.32 Å². The van der Waals surface area contributed by atoms with Crippen LogP contribution >= 0.6 is 0 Å². The van der Waals surface area contributed by atoms with Gasteiger partial charge in [0.25, 0.3) is 0 Å². The van der Waals surface area contributed by atoms with Crippen LogP contribution in [-0.2, 0) is 13.5 Å². The molecule has 1 N–H and O–H groups in total. The van der Waals surface area contributed by atoms with Gasteiger partial charge in [-0.3, -0.25) is 4.68 Å². The number of hydrogen-bond donors (Lipinski definition) is 1. The molecule has 1 heterocycles. The van der Waals surface area contributed by atoms with Crippen molar-refractivity contribution < 1.29 is 0 Å². The number of aromatic nitrogens is 2. The minimum absolute atomic E-state index is 0.978. The van der Waals surface area contributed by atoms with Gasteiger partial charge in [0.1, 0.15) is 0 Å². The second-order valence-corrected chi connectivity index (χ2v) is 4.80. The fourth-order valence-electron chi connectivity index (χ4n) is 2.03. The second kappa shape index (κ2) is 5.36. The highest BCUT2D eigenvalue weighted by atomic mass is 15.3. The van der Waals surface area contributed by atoms with Gasteiger partial charge in [-0.05, 0) is 44.2 Å². The van der Waals surface area contributed by atoms with Crippen molar-refractivity contribution in [3.05, 3.63) is 41.1 Å². The summed E-state index contributed by atoms with van der Waals surface area (Å²) in [5.41, 5.74) is 6.16. The standard InChI is InChI=1S/C15H21N3/c1-11-5-6-13(9-12(11)2)15-10-14(7-8-16-3)18(4)17-15/h5-6,9-10,16H,7-8H2,1-4H3. The van der Waals surface area contributed by atoms with E-state index >= 15 is 0 Å². The average Bonchev–Trinajstić information content (AvgIpc) is 2.72. The number of hydrogen-bond acceptors (Lipinski definition) is 2. The predicted octanol–water partition coefficient (Wildman–Crippen LogP) is 2.47. The Morgan fingerprint density at radius 3 is 2.61 bits per heavy atom. The molecule has 0 spiro atoms. The predicted molar refractivity (Wildman–Crippen MR) is 75.7 cm³/mol. The quantitative estimate of drug-likeness (QED) is 0.894.